The maximum absolute atomic E-state index is 12.3. The molecule has 1 aromatic carbocycles. The lowest BCUT2D eigenvalue weighted by Gasteiger charge is -2.35. The summed E-state index contributed by atoms with van der Waals surface area (Å²) < 4.78 is 11.2. The van der Waals surface area contributed by atoms with Crippen molar-refractivity contribution in [1.29, 1.82) is 0 Å². The van der Waals surface area contributed by atoms with Crippen LogP contribution in [0.25, 0.3) is 11.5 Å². The van der Waals surface area contributed by atoms with Gasteiger partial charge in [-0.25, -0.2) is 0 Å². The second kappa shape index (κ2) is 7.55. The summed E-state index contributed by atoms with van der Waals surface area (Å²) in [6, 6.07) is 7.15. The van der Waals surface area contributed by atoms with Gasteiger partial charge in [0.15, 0.2) is 0 Å². The number of carbonyl (C=O) groups is 1. The first-order valence-electron chi connectivity index (χ1n) is 7.66. The Morgan fingerprint density at radius 2 is 1.92 bits per heavy atom. The Morgan fingerprint density at radius 1 is 1.25 bits per heavy atom. The minimum atomic E-state index is 0.0493. The molecule has 0 aliphatic carbocycles. The molecule has 8 heteroatoms. The topological polar surface area (TPSA) is 68.5 Å². The number of aromatic nitrogens is 2. The van der Waals surface area contributed by atoms with Crippen molar-refractivity contribution in [2.75, 3.05) is 18.8 Å². The molecule has 0 bridgehead atoms. The van der Waals surface area contributed by atoms with Crippen LogP contribution in [-0.4, -0.2) is 52.1 Å². The Hall–Kier alpha value is -1.57. The van der Waals surface area contributed by atoms with Crippen LogP contribution in [0.1, 0.15) is 13.8 Å². The van der Waals surface area contributed by atoms with Gasteiger partial charge in [-0.2, -0.15) is 0 Å². The minimum Gasteiger partial charge on any atom is -0.411 e. The summed E-state index contributed by atoms with van der Waals surface area (Å²) in [7, 11) is 0. The number of rotatable bonds is 4. The highest BCUT2D eigenvalue weighted by atomic mass is 35.5. The summed E-state index contributed by atoms with van der Waals surface area (Å²) >= 11 is 7.11. The highest BCUT2D eigenvalue weighted by Gasteiger charge is 2.26. The van der Waals surface area contributed by atoms with Crippen LogP contribution in [0.4, 0.5) is 0 Å². The second-order valence-electron chi connectivity index (χ2n) is 5.72. The zero-order valence-electron chi connectivity index (χ0n) is 13.4. The molecule has 0 radical (unpaired) electrons. The van der Waals surface area contributed by atoms with Crippen molar-refractivity contribution in [2.24, 2.45) is 0 Å². The van der Waals surface area contributed by atoms with Crippen LogP contribution in [-0.2, 0) is 9.53 Å². The van der Waals surface area contributed by atoms with Crippen molar-refractivity contribution in [3.05, 3.63) is 29.3 Å². The van der Waals surface area contributed by atoms with Gasteiger partial charge in [0, 0.05) is 23.7 Å². The highest BCUT2D eigenvalue weighted by molar-refractivity contribution is 7.99. The molecule has 1 aliphatic rings. The number of ether oxygens (including phenoxy) is 1. The minimum absolute atomic E-state index is 0.0493. The summed E-state index contributed by atoms with van der Waals surface area (Å²) in [5, 5.41) is 9.01. The van der Waals surface area contributed by atoms with Gasteiger partial charge in [-0.1, -0.05) is 23.4 Å². The van der Waals surface area contributed by atoms with E-state index in [0.717, 1.165) is 5.56 Å². The molecule has 1 aromatic heterocycles. The number of hydrogen-bond donors (Lipinski definition) is 0. The molecule has 0 N–H and O–H groups in total. The van der Waals surface area contributed by atoms with Crippen LogP contribution >= 0.6 is 23.4 Å². The third-order valence-electron chi connectivity index (χ3n) is 3.59. The molecule has 0 saturated carbocycles. The number of halogens is 1. The van der Waals surface area contributed by atoms with Gasteiger partial charge in [-0.05, 0) is 38.1 Å². The third kappa shape index (κ3) is 4.28. The van der Waals surface area contributed by atoms with Crippen molar-refractivity contribution < 1.29 is 13.9 Å². The number of hydrogen-bond acceptors (Lipinski definition) is 6. The van der Waals surface area contributed by atoms with Crippen LogP contribution in [0.5, 0.6) is 0 Å². The lowest BCUT2D eigenvalue weighted by atomic mass is 10.2. The fourth-order valence-corrected chi connectivity index (χ4v) is 3.37. The molecule has 2 heterocycles. The first-order chi connectivity index (χ1) is 11.5. The molecule has 1 amide bonds. The molecule has 3 rings (SSSR count). The number of carbonyl (C=O) groups excluding carboxylic acids is 1. The molecule has 6 nitrogen and oxygen atoms in total. The van der Waals surface area contributed by atoms with Crippen molar-refractivity contribution in [3.63, 3.8) is 0 Å². The smallest absolute Gasteiger partial charge is 0.277 e. The Labute approximate surface area is 149 Å². The molecule has 128 valence electrons. The SMILES string of the molecule is C[C@H]1CN(C(=O)CSc2nnc(-c3ccc(Cl)cc3)o2)C[C@H](C)O1. The summed E-state index contributed by atoms with van der Waals surface area (Å²) in [5.74, 6) is 0.727. The molecular weight excluding hydrogens is 350 g/mol. The molecule has 24 heavy (non-hydrogen) atoms. The first kappa shape index (κ1) is 17.3. The van der Waals surface area contributed by atoms with Gasteiger partial charge in [0.25, 0.3) is 5.22 Å². The molecule has 2 aromatic rings. The van der Waals surface area contributed by atoms with E-state index < -0.39 is 0 Å². The predicted octanol–water partition coefficient (Wildman–Crippen LogP) is 3.12. The van der Waals surface area contributed by atoms with Crippen LogP contribution in [0.2, 0.25) is 5.02 Å². The third-order valence-corrected chi connectivity index (χ3v) is 4.64. The largest absolute Gasteiger partial charge is 0.411 e. The molecule has 1 fully saturated rings. The zero-order valence-corrected chi connectivity index (χ0v) is 15.0. The quantitative estimate of drug-likeness (QED) is 0.773. The average molecular weight is 368 g/mol. The van der Waals surface area contributed by atoms with E-state index in [1.165, 1.54) is 11.8 Å². The normalized spacial score (nSPS) is 21.0. The fraction of sp³-hybridized carbons (Fsp3) is 0.438. The Bertz CT molecular complexity index is 697. The molecule has 2 atom stereocenters. The Kier molecular flexibility index (Phi) is 5.43. The number of morpholine rings is 1. The highest BCUT2D eigenvalue weighted by Crippen LogP contribution is 2.24. The first-order valence-corrected chi connectivity index (χ1v) is 9.03. The maximum Gasteiger partial charge on any atom is 0.277 e. The number of benzene rings is 1. The number of nitrogens with zero attached hydrogens (tertiary/aromatic N) is 3. The van der Waals surface area contributed by atoms with E-state index in [9.17, 15) is 4.79 Å². The van der Waals surface area contributed by atoms with E-state index >= 15 is 0 Å². The van der Waals surface area contributed by atoms with Gasteiger partial charge >= 0.3 is 0 Å². The van der Waals surface area contributed by atoms with Gasteiger partial charge in [-0.15, -0.1) is 10.2 Å². The summed E-state index contributed by atoms with van der Waals surface area (Å²) in [5.41, 5.74) is 0.793. The van der Waals surface area contributed by atoms with Crippen LogP contribution in [0.3, 0.4) is 0 Å². The fourth-order valence-electron chi connectivity index (χ4n) is 2.57. The molecular formula is C16H18ClN3O3S. The summed E-state index contributed by atoms with van der Waals surface area (Å²) in [4.78, 5) is 14.1. The van der Waals surface area contributed by atoms with E-state index in [1.54, 1.807) is 12.1 Å². The predicted molar refractivity (Wildman–Crippen MR) is 92.1 cm³/mol. The molecule has 0 unspecified atom stereocenters. The molecule has 1 aliphatic heterocycles. The van der Waals surface area contributed by atoms with Crippen molar-refractivity contribution >= 4 is 29.3 Å². The maximum atomic E-state index is 12.3. The van der Waals surface area contributed by atoms with E-state index in [2.05, 4.69) is 10.2 Å². The van der Waals surface area contributed by atoms with Gasteiger partial charge in [0.1, 0.15) is 0 Å². The lowest BCUT2D eigenvalue weighted by molar-refractivity contribution is -0.140. The monoisotopic (exact) mass is 367 g/mol. The van der Waals surface area contributed by atoms with Crippen LogP contribution < -0.4 is 0 Å². The number of thioether (sulfide) groups is 1. The van der Waals surface area contributed by atoms with E-state index in [-0.39, 0.29) is 23.9 Å². The van der Waals surface area contributed by atoms with Gasteiger partial charge in [0.2, 0.25) is 11.8 Å². The number of amides is 1. The zero-order chi connectivity index (χ0) is 17.1. The summed E-state index contributed by atoms with van der Waals surface area (Å²) in [6.45, 7) is 5.17. The standard InChI is InChI=1S/C16H18ClN3O3S/c1-10-7-20(8-11(2)22-10)14(21)9-24-16-19-18-15(23-16)12-3-5-13(17)6-4-12/h3-6,10-11H,7-9H2,1-2H3/t10-,11-/m0/s1. The lowest BCUT2D eigenvalue weighted by Crippen LogP contribution is -2.48. The molecule has 1 saturated heterocycles. The Morgan fingerprint density at radius 3 is 2.58 bits per heavy atom. The summed E-state index contributed by atoms with van der Waals surface area (Å²) in [6.07, 6.45) is 0.116. The second-order valence-corrected chi connectivity index (χ2v) is 7.09. The van der Waals surface area contributed by atoms with Crippen molar-refractivity contribution in [2.45, 2.75) is 31.3 Å². The van der Waals surface area contributed by atoms with Gasteiger partial charge in [-0.3, -0.25) is 4.79 Å². The van der Waals surface area contributed by atoms with Crippen LogP contribution in [0.15, 0.2) is 33.9 Å². The van der Waals surface area contributed by atoms with Gasteiger partial charge in [0.05, 0.1) is 18.0 Å². The van der Waals surface area contributed by atoms with E-state index in [1.807, 2.05) is 30.9 Å². The van der Waals surface area contributed by atoms with Crippen molar-refractivity contribution in [3.8, 4) is 11.5 Å². The van der Waals surface area contributed by atoms with E-state index in [4.69, 9.17) is 20.8 Å². The van der Waals surface area contributed by atoms with Crippen molar-refractivity contribution in [1.82, 2.24) is 15.1 Å². The Balaban J connectivity index is 1.57. The molecule has 0 spiro atoms. The van der Waals surface area contributed by atoms with Gasteiger partial charge < -0.3 is 14.1 Å². The average Bonchev–Trinajstić information content (AvgIpc) is 3.01. The van der Waals surface area contributed by atoms with Crippen LogP contribution in [0, 0.1) is 0 Å². The van der Waals surface area contributed by atoms with E-state index in [0.29, 0.717) is 29.2 Å².